The van der Waals surface area contributed by atoms with Crippen LogP contribution in [0.1, 0.15) is 13.8 Å². The summed E-state index contributed by atoms with van der Waals surface area (Å²) < 4.78 is 5.09. The first kappa shape index (κ1) is 13.3. The van der Waals surface area contributed by atoms with E-state index in [4.69, 9.17) is 4.74 Å². The first-order valence-corrected chi connectivity index (χ1v) is 6.20. The molecule has 0 aliphatic carbocycles. The number of ketones is 1. The number of ether oxygens (including phenoxy) is 1. The Bertz CT molecular complexity index is 519. The Labute approximate surface area is 112 Å². The van der Waals surface area contributed by atoms with Gasteiger partial charge in [0.1, 0.15) is 5.75 Å². The zero-order valence-electron chi connectivity index (χ0n) is 11.3. The number of allylic oxidation sites excluding steroid dienone is 1. The summed E-state index contributed by atoms with van der Waals surface area (Å²) in [7, 11) is 1.60. The van der Waals surface area contributed by atoms with Crippen LogP contribution < -0.4 is 9.64 Å². The van der Waals surface area contributed by atoms with Gasteiger partial charge < -0.3 is 9.64 Å². The molecule has 4 nitrogen and oxygen atoms in total. The fourth-order valence-electron chi connectivity index (χ4n) is 2.18. The highest BCUT2D eigenvalue weighted by Crippen LogP contribution is 2.33. The van der Waals surface area contributed by atoms with Crippen molar-refractivity contribution in [2.24, 2.45) is 5.92 Å². The molecule has 1 saturated heterocycles. The van der Waals surface area contributed by atoms with Crippen LogP contribution in [-0.2, 0) is 9.59 Å². The molecule has 1 fully saturated rings. The number of hydrogen-bond donors (Lipinski definition) is 0. The SMILES string of the molecule is COc1ccc(N2C(=O)[C@@H](C)[C@H]2/C=C/C(C)=O)cc1. The van der Waals surface area contributed by atoms with Gasteiger partial charge in [0.25, 0.3) is 0 Å². The van der Waals surface area contributed by atoms with Gasteiger partial charge in [-0.25, -0.2) is 0 Å². The molecule has 1 heterocycles. The van der Waals surface area contributed by atoms with Gasteiger partial charge in [-0.15, -0.1) is 0 Å². The first-order valence-electron chi connectivity index (χ1n) is 6.20. The first-order chi connectivity index (χ1) is 9.04. The van der Waals surface area contributed by atoms with E-state index >= 15 is 0 Å². The van der Waals surface area contributed by atoms with Gasteiger partial charge in [-0.2, -0.15) is 0 Å². The Balaban J connectivity index is 2.21. The Morgan fingerprint density at radius 1 is 1.32 bits per heavy atom. The Morgan fingerprint density at radius 2 is 1.95 bits per heavy atom. The fraction of sp³-hybridized carbons (Fsp3) is 0.333. The zero-order valence-corrected chi connectivity index (χ0v) is 11.3. The lowest BCUT2D eigenvalue weighted by atomic mass is 9.88. The van der Waals surface area contributed by atoms with Crippen molar-refractivity contribution in [2.45, 2.75) is 19.9 Å². The van der Waals surface area contributed by atoms with Crippen LogP contribution in [-0.4, -0.2) is 24.8 Å². The molecule has 1 amide bonds. The van der Waals surface area contributed by atoms with Gasteiger partial charge in [-0.1, -0.05) is 13.0 Å². The van der Waals surface area contributed by atoms with E-state index in [1.54, 1.807) is 18.1 Å². The maximum absolute atomic E-state index is 11.9. The standard InChI is InChI=1S/C15H17NO3/c1-10(17)4-9-14-11(2)15(18)16(14)12-5-7-13(19-3)8-6-12/h4-9,11,14H,1-3H3/b9-4+/t11-,14+/m0/s1. The second-order valence-corrected chi connectivity index (χ2v) is 4.66. The maximum atomic E-state index is 11.9. The monoisotopic (exact) mass is 259 g/mol. The van der Waals surface area contributed by atoms with E-state index in [2.05, 4.69) is 0 Å². The van der Waals surface area contributed by atoms with Crippen molar-refractivity contribution in [1.82, 2.24) is 0 Å². The lowest BCUT2D eigenvalue weighted by Gasteiger charge is -2.44. The predicted molar refractivity (Wildman–Crippen MR) is 73.3 cm³/mol. The molecule has 100 valence electrons. The lowest BCUT2D eigenvalue weighted by molar-refractivity contribution is -0.128. The number of methoxy groups -OCH3 is 1. The van der Waals surface area contributed by atoms with Gasteiger partial charge in [-0.3, -0.25) is 9.59 Å². The summed E-state index contributed by atoms with van der Waals surface area (Å²) in [5, 5.41) is 0. The fourth-order valence-corrected chi connectivity index (χ4v) is 2.18. The van der Waals surface area contributed by atoms with Crippen LogP contribution in [0.3, 0.4) is 0 Å². The van der Waals surface area contributed by atoms with E-state index in [0.29, 0.717) is 0 Å². The molecule has 2 rings (SSSR count). The van der Waals surface area contributed by atoms with Gasteiger partial charge >= 0.3 is 0 Å². The summed E-state index contributed by atoms with van der Waals surface area (Å²) in [5.41, 5.74) is 0.821. The van der Waals surface area contributed by atoms with Gasteiger partial charge in [0.15, 0.2) is 5.78 Å². The van der Waals surface area contributed by atoms with Crippen LogP contribution in [0.2, 0.25) is 0 Å². The number of carbonyl (C=O) groups is 2. The third-order valence-corrected chi connectivity index (χ3v) is 3.32. The third kappa shape index (κ3) is 2.52. The number of nitrogens with zero attached hydrogens (tertiary/aromatic N) is 1. The predicted octanol–water partition coefficient (Wildman–Crippen LogP) is 2.19. The molecule has 0 saturated carbocycles. The van der Waals surface area contributed by atoms with Crippen molar-refractivity contribution < 1.29 is 14.3 Å². The Kier molecular flexibility index (Phi) is 3.69. The number of amides is 1. The van der Waals surface area contributed by atoms with Crippen molar-refractivity contribution in [2.75, 3.05) is 12.0 Å². The molecule has 2 atom stereocenters. The molecule has 1 aliphatic heterocycles. The van der Waals surface area contributed by atoms with Crippen molar-refractivity contribution >= 4 is 17.4 Å². The Morgan fingerprint density at radius 3 is 2.47 bits per heavy atom. The van der Waals surface area contributed by atoms with E-state index < -0.39 is 0 Å². The largest absolute Gasteiger partial charge is 0.497 e. The highest BCUT2D eigenvalue weighted by Gasteiger charge is 2.43. The van der Waals surface area contributed by atoms with E-state index in [1.165, 1.54) is 13.0 Å². The average molecular weight is 259 g/mol. The molecule has 0 N–H and O–H groups in total. The maximum Gasteiger partial charge on any atom is 0.232 e. The van der Waals surface area contributed by atoms with Crippen molar-refractivity contribution in [3.05, 3.63) is 36.4 Å². The van der Waals surface area contributed by atoms with Crippen molar-refractivity contribution in [3.63, 3.8) is 0 Å². The summed E-state index contributed by atoms with van der Waals surface area (Å²) in [5.74, 6) is 0.725. The minimum absolute atomic E-state index is 0.0128. The smallest absolute Gasteiger partial charge is 0.232 e. The number of anilines is 1. The molecular formula is C15H17NO3. The van der Waals surface area contributed by atoms with E-state index in [1.807, 2.05) is 31.2 Å². The number of rotatable bonds is 4. The normalized spacial score (nSPS) is 22.5. The topological polar surface area (TPSA) is 46.6 Å². The second-order valence-electron chi connectivity index (χ2n) is 4.66. The number of hydrogen-bond acceptors (Lipinski definition) is 3. The highest BCUT2D eigenvalue weighted by molar-refractivity contribution is 6.03. The number of benzene rings is 1. The molecule has 4 heteroatoms. The minimum atomic E-state index is -0.0855. The average Bonchev–Trinajstić information content (AvgIpc) is 2.42. The molecule has 0 aromatic heterocycles. The summed E-state index contributed by atoms with van der Waals surface area (Å²) in [4.78, 5) is 24.6. The van der Waals surface area contributed by atoms with Gasteiger partial charge in [0, 0.05) is 5.69 Å². The number of carbonyl (C=O) groups excluding carboxylic acids is 2. The van der Waals surface area contributed by atoms with Crippen LogP contribution in [0.4, 0.5) is 5.69 Å². The van der Waals surface area contributed by atoms with E-state index in [9.17, 15) is 9.59 Å². The molecule has 0 radical (unpaired) electrons. The molecule has 1 aromatic carbocycles. The number of β-lactam (4-membered cyclic amide) rings is 1. The summed E-state index contributed by atoms with van der Waals surface area (Å²) >= 11 is 0. The van der Waals surface area contributed by atoms with Crippen LogP contribution in [0.15, 0.2) is 36.4 Å². The summed E-state index contributed by atoms with van der Waals surface area (Å²) in [6.07, 6.45) is 3.31. The highest BCUT2D eigenvalue weighted by atomic mass is 16.5. The Hall–Kier alpha value is -2.10. The summed E-state index contributed by atoms with van der Waals surface area (Å²) in [6.45, 7) is 3.37. The van der Waals surface area contributed by atoms with E-state index in [-0.39, 0.29) is 23.7 Å². The third-order valence-electron chi connectivity index (χ3n) is 3.32. The zero-order chi connectivity index (χ0) is 14.0. The quantitative estimate of drug-likeness (QED) is 0.615. The second kappa shape index (κ2) is 5.26. The van der Waals surface area contributed by atoms with Crippen LogP contribution in [0, 0.1) is 5.92 Å². The molecule has 1 aliphatic rings. The van der Waals surface area contributed by atoms with Crippen molar-refractivity contribution in [1.29, 1.82) is 0 Å². The molecule has 1 aromatic rings. The van der Waals surface area contributed by atoms with Crippen molar-refractivity contribution in [3.8, 4) is 5.75 Å². The van der Waals surface area contributed by atoms with Gasteiger partial charge in [0.2, 0.25) is 5.91 Å². The van der Waals surface area contributed by atoms with Gasteiger partial charge in [0.05, 0.1) is 19.1 Å². The molecule has 0 unspecified atom stereocenters. The minimum Gasteiger partial charge on any atom is -0.497 e. The molecule has 0 spiro atoms. The lowest BCUT2D eigenvalue weighted by Crippen LogP contribution is -2.59. The summed E-state index contributed by atoms with van der Waals surface area (Å²) in [6, 6.07) is 7.27. The molecule has 19 heavy (non-hydrogen) atoms. The van der Waals surface area contributed by atoms with E-state index in [0.717, 1.165) is 11.4 Å². The van der Waals surface area contributed by atoms with Crippen LogP contribution >= 0.6 is 0 Å². The van der Waals surface area contributed by atoms with Crippen LogP contribution in [0.25, 0.3) is 0 Å². The molecular weight excluding hydrogens is 242 g/mol. The molecule has 0 bridgehead atoms. The van der Waals surface area contributed by atoms with Gasteiger partial charge in [-0.05, 0) is 37.3 Å². The van der Waals surface area contributed by atoms with Crippen LogP contribution in [0.5, 0.6) is 5.75 Å².